The summed E-state index contributed by atoms with van der Waals surface area (Å²) in [5, 5.41) is 3.74. The first-order valence-corrected chi connectivity index (χ1v) is 6.66. The van der Waals surface area contributed by atoms with Crippen molar-refractivity contribution in [3.8, 4) is 0 Å². The Labute approximate surface area is 112 Å². The van der Waals surface area contributed by atoms with Crippen LogP contribution in [0.25, 0.3) is 0 Å². The van der Waals surface area contributed by atoms with E-state index < -0.39 is 12.7 Å². The van der Waals surface area contributed by atoms with Crippen LogP contribution < -0.4 is 0 Å². The smallest absolute Gasteiger partial charge is 0.360 e. The average Bonchev–Trinajstić information content (AvgIpc) is 2.87. The van der Waals surface area contributed by atoms with E-state index in [-0.39, 0.29) is 0 Å². The summed E-state index contributed by atoms with van der Waals surface area (Å²) in [6.07, 6.45) is -1.52. The largest absolute Gasteiger partial charge is 0.406 e. The third-order valence-corrected chi connectivity index (χ3v) is 3.25. The molecule has 0 aliphatic heterocycles. The Morgan fingerprint density at radius 1 is 1.37 bits per heavy atom. The van der Waals surface area contributed by atoms with E-state index in [1.165, 1.54) is 24.2 Å². The highest BCUT2D eigenvalue weighted by Crippen LogP contribution is 2.21. The minimum Gasteiger partial charge on any atom is -0.360 e. The Morgan fingerprint density at radius 3 is 2.79 bits per heavy atom. The van der Waals surface area contributed by atoms with Crippen molar-refractivity contribution in [1.82, 2.24) is 14.7 Å². The van der Waals surface area contributed by atoms with Gasteiger partial charge in [-0.05, 0) is 6.92 Å². The molecule has 0 amide bonds. The fourth-order valence-corrected chi connectivity index (χ4v) is 2.41. The molecule has 0 aliphatic carbocycles. The van der Waals surface area contributed by atoms with Crippen LogP contribution in [0.4, 0.5) is 13.2 Å². The Bertz CT molecular complexity index is 535. The van der Waals surface area contributed by atoms with Crippen molar-refractivity contribution in [3.05, 3.63) is 35.7 Å². The zero-order valence-corrected chi connectivity index (χ0v) is 11.0. The molecule has 0 atom stereocenters. The summed E-state index contributed by atoms with van der Waals surface area (Å²) in [5.41, 5.74) is 0.786. The predicted molar refractivity (Wildman–Crippen MR) is 64.5 cm³/mol. The van der Waals surface area contributed by atoms with Gasteiger partial charge in [0.2, 0.25) is 0 Å². The van der Waals surface area contributed by atoms with E-state index in [9.17, 15) is 13.2 Å². The van der Waals surface area contributed by atoms with Crippen molar-refractivity contribution < 1.29 is 17.7 Å². The summed E-state index contributed by atoms with van der Waals surface area (Å²) in [6, 6.07) is 1.80. The van der Waals surface area contributed by atoms with Gasteiger partial charge in [-0.3, -0.25) is 0 Å². The molecule has 8 heteroatoms. The van der Waals surface area contributed by atoms with Crippen LogP contribution in [0, 0.1) is 6.92 Å². The molecule has 2 rings (SSSR count). The molecule has 0 aliphatic rings. The Morgan fingerprint density at radius 2 is 2.16 bits per heavy atom. The number of aryl methyl sites for hydroxylation is 1. The Kier molecular flexibility index (Phi) is 4.18. The lowest BCUT2D eigenvalue weighted by Crippen LogP contribution is -2.18. The van der Waals surface area contributed by atoms with Gasteiger partial charge in [-0.1, -0.05) is 5.16 Å². The fourth-order valence-electron chi connectivity index (χ4n) is 1.54. The lowest BCUT2D eigenvalue weighted by Gasteiger charge is -2.10. The monoisotopic (exact) mass is 291 g/mol. The van der Waals surface area contributed by atoms with Crippen LogP contribution in [0.1, 0.15) is 17.3 Å². The highest BCUT2D eigenvalue weighted by molar-refractivity contribution is 7.97. The van der Waals surface area contributed by atoms with E-state index >= 15 is 0 Å². The number of halogens is 3. The summed E-state index contributed by atoms with van der Waals surface area (Å²) in [5.74, 6) is 2.05. The van der Waals surface area contributed by atoms with E-state index in [0.717, 1.165) is 10.3 Å². The molecule has 0 radical (unpaired) electrons. The molecular formula is C11H12F3N3OS. The van der Waals surface area contributed by atoms with Crippen LogP contribution in [0.3, 0.4) is 0 Å². The van der Waals surface area contributed by atoms with Crippen LogP contribution in [-0.4, -0.2) is 20.9 Å². The van der Waals surface area contributed by atoms with E-state index in [0.29, 0.717) is 23.1 Å². The summed E-state index contributed by atoms with van der Waals surface area (Å²) >= 11 is 1.43. The standard InChI is InChI=1S/C11H12F3N3OS/c1-8-4-9(18-16-8)5-19-6-10-15-2-3-17(10)7-11(12,13)14/h2-4H,5-7H2,1H3. The molecule has 0 saturated carbocycles. The van der Waals surface area contributed by atoms with Gasteiger partial charge in [-0.25, -0.2) is 4.98 Å². The molecule has 2 aromatic rings. The molecular weight excluding hydrogens is 279 g/mol. The first-order valence-electron chi connectivity index (χ1n) is 5.51. The minimum atomic E-state index is -4.23. The van der Waals surface area contributed by atoms with E-state index in [2.05, 4.69) is 10.1 Å². The quantitative estimate of drug-likeness (QED) is 0.848. The topological polar surface area (TPSA) is 43.9 Å². The molecule has 19 heavy (non-hydrogen) atoms. The predicted octanol–water partition coefficient (Wildman–Crippen LogP) is 3.18. The van der Waals surface area contributed by atoms with Crippen molar-refractivity contribution in [2.75, 3.05) is 0 Å². The second-order valence-corrected chi connectivity index (χ2v) is 5.00. The highest BCUT2D eigenvalue weighted by atomic mass is 32.2. The van der Waals surface area contributed by atoms with Gasteiger partial charge in [-0.2, -0.15) is 13.2 Å². The minimum absolute atomic E-state index is 0.392. The number of aromatic nitrogens is 3. The van der Waals surface area contributed by atoms with Crippen molar-refractivity contribution in [2.45, 2.75) is 31.2 Å². The molecule has 4 nitrogen and oxygen atoms in total. The molecule has 2 heterocycles. The molecule has 0 fully saturated rings. The molecule has 0 spiro atoms. The van der Waals surface area contributed by atoms with Crippen LogP contribution >= 0.6 is 11.8 Å². The molecule has 104 valence electrons. The van der Waals surface area contributed by atoms with Gasteiger partial charge in [0, 0.05) is 18.5 Å². The van der Waals surface area contributed by atoms with E-state index in [4.69, 9.17) is 4.52 Å². The number of rotatable bonds is 5. The molecule has 0 aromatic carbocycles. The van der Waals surface area contributed by atoms with Crippen LogP contribution in [0.5, 0.6) is 0 Å². The molecule has 0 unspecified atom stereocenters. The zero-order valence-electron chi connectivity index (χ0n) is 10.1. The van der Waals surface area contributed by atoms with Gasteiger partial charge in [0.05, 0.1) is 17.2 Å². The zero-order chi connectivity index (χ0) is 13.9. The summed E-state index contributed by atoms with van der Waals surface area (Å²) < 4.78 is 43.1. The van der Waals surface area contributed by atoms with Crippen molar-refractivity contribution in [2.24, 2.45) is 0 Å². The number of hydrogen-bond donors (Lipinski definition) is 0. The maximum Gasteiger partial charge on any atom is 0.406 e. The van der Waals surface area contributed by atoms with Gasteiger partial charge < -0.3 is 9.09 Å². The van der Waals surface area contributed by atoms with E-state index in [1.807, 2.05) is 6.92 Å². The molecule has 0 bridgehead atoms. The maximum atomic E-state index is 12.3. The van der Waals surface area contributed by atoms with Gasteiger partial charge >= 0.3 is 6.18 Å². The molecule has 0 saturated heterocycles. The number of alkyl halides is 3. The van der Waals surface area contributed by atoms with E-state index in [1.54, 1.807) is 6.07 Å². The first kappa shape index (κ1) is 14.0. The second kappa shape index (κ2) is 5.68. The summed E-state index contributed by atoms with van der Waals surface area (Å²) in [4.78, 5) is 3.93. The van der Waals surface area contributed by atoms with Crippen LogP contribution in [0.2, 0.25) is 0 Å². The lowest BCUT2D eigenvalue weighted by atomic mass is 10.4. The number of imidazole rings is 1. The molecule has 0 N–H and O–H groups in total. The molecule has 2 aromatic heterocycles. The van der Waals surface area contributed by atoms with Gasteiger partial charge in [0.25, 0.3) is 0 Å². The Balaban J connectivity index is 1.88. The third kappa shape index (κ3) is 4.30. The second-order valence-electron chi connectivity index (χ2n) is 4.01. The van der Waals surface area contributed by atoms with Crippen molar-refractivity contribution in [3.63, 3.8) is 0 Å². The van der Waals surface area contributed by atoms with Crippen molar-refractivity contribution >= 4 is 11.8 Å². The van der Waals surface area contributed by atoms with Crippen molar-refractivity contribution in [1.29, 1.82) is 0 Å². The van der Waals surface area contributed by atoms with Gasteiger partial charge in [0.15, 0.2) is 0 Å². The summed E-state index contributed by atoms with van der Waals surface area (Å²) in [6.45, 7) is 0.804. The number of thioether (sulfide) groups is 1. The van der Waals surface area contributed by atoms with Crippen LogP contribution in [0.15, 0.2) is 23.0 Å². The van der Waals surface area contributed by atoms with Crippen LogP contribution in [-0.2, 0) is 18.1 Å². The number of nitrogens with zero attached hydrogens (tertiary/aromatic N) is 3. The highest BCUT2D eigenvalue weighted by Gasteiger charge is 2.28. The lowest BCUT2D eigenvalue weighted by molar-refractivity contribution is -0.140. The normalized spacial score (nSPS) is 12.0. The summed E-state index contributed by atoms with van der Waals surface area (Å²) in [7, 11) is 0. The van der Waals surface area contributed by atoms with Gasteiger partial charge in [0.1, 0.15) is 18.1 Å². The Hall–Kier alpha value is -1.44. The van der Waals surface area contributed by atoms with Gasteiger partial charge in [-0.15, -0.1) is 11.8 Å². The SMILES string of the molecule is Cc1cc(CSCc2nccn2CC(F)(F)F)on1. The maximum absolute atomic E-state index is 12.3. The average molecular weight is 291 g/mol. The fraction of sp³-hybridized carbons (Fsp3) is 0.455. The third-order valence-electron chi connectivity index (χ3n) is 2.30. The number of hydrogen-bond acceptors (Lipinski definition) is 4. The first-order chi connectivity index (χ1) is 8.94.